The topological polar surface area (TPSA) is 217 Å². The standard InChI is InChI=1S/C45H43N7O8.C2HF3O2/c1-7-59-44(57)36-17-37(45(58)60-8-2)43-23-52-20-34-11-30(26(5)55)15-40(48-34)38-13-28(24(3)53)9-32(46-38)18-51(22-42(36)50-43)19-33-10-29(25(4)54)14-39(47-33)41-16-31(27(6)56)12-35(21-52)49-41;3-2(4,5)1-6-7-1/h9-17H,7-8,18-23H2,1-6H3;1H. The lowest BCUT2D eigenvalue weighted by Crippen LogP contribution is -2.29. The number of carbonyl (C=O) groups excluding carboxylic acids is 6. The molecule has 0 spiro atoms. The highest BCUT2D eigenvalue weighted by Crippen LogP contribution is 2.32. The Labute approximate surface area is 381 Å². The minimum absolute atomic E-state index is 0.00610. The summed E-state index contributed by atoms with van der Waals surface area (Å²) in [7, 11) is 0. The van der Waals surface area contributed by atoms with Gasteiger partial charge in [0, 0.05) is 61.5 Å². The maximum absolute atomic E-state index is 13.7. The van der Waals surface area contributed by atoms with Crippen LogP contribution in [-0.2, 0) is 58.5 Å². The summed E-state index contributed by atoms with van der Waals surface area (Å²) in [4.78, 5) is 115. The van der Waals surface area contributed by atoms with E-state index in [-0.39, 0.29) is 98.1 Å². The van der Waals surface area contributed by atoms with E-state index in [4.69, 9.17) is 34.4 Å². The van der Waals surface area contributed by atoms with E-state index in [2.05, 4.69) is 9.78 Å². The predicted octanol–water partition coefficient (Wildman–Crippen LogP) is 7.03. The smallest absolute Gasteiger partial charge is 0.446 e. The van der Waals surface area contributed by atoms with Gasteiger partial charge in [0.15, 0.2) is 23.1 Å². The molecule has 0 aliphatic carbocycles. The fourth-order valence-corrected chi connectivity index (χ4v) is 7.43. The molecule has 1 saturated heterocycles. The molecule has 0 amide bonds. The molecule has 3 aliphatic rings. The number of fused-ring (bicyclic) bond motifs is 12. The van der Waals surface area contributed by atoms with Crippen LogP contribution in [0.1, 0.15) is 138 Å². The van der Waals surface area contributed by atoms with Gasteiger partial charge in [-0.3, -0.25) is 34.0 Å². The lowest BCUT2D eigenvalue weighted by atomic mass is 10.0. The number of nitrogens with zero attached hydrogens (tertiary/aromatic N) is 7. The van der Waals surface area contributed by atoms with Crippen LogP contribution >= 0.6 is 0 Å². The van der Waals surface area contributed by atoms with Crippen molar-refractivity contribution in [2.75, 3.05) is 13.2 Å². The third kappa shape index (κ3) is 11.7. The van der Waals surface area contributed by atoms with Gasteiger partial charge in [0.1, 0.15) is 0 Å². The second-order valence-corrected chi connectivity index (χ2v) is 15.9. The Morgan fingerprint density at radius 3 is 1.03 bits per heavy atom. The zero-order valence-electron chi connectivity index (χ0n) is 37.3. The summed E-state index contributed by atoms with van der Waals surface area (Å²) in [6.45, 7) is 9.54. The molecular formula is C47H44F3N7O10. The number of hydrogen-bond acceptors (Lipinski definition) is 17. The molecule has 8 rings (SSSR count). The van der Waals surface area contributed by atoms with Crippen LogP contribution in [0.2, 0.25) is 0 Å². The third-order valence-electron chi connectivity index (χ3n) is 10.6. The number of aromatic nitrogens is 5. The highest BCUT2D eigenvalue weighted by Gasteiger charge is 2.53. The van der Waals surface area contributed by atoms with E-state index in [0.717, 1.165) is 0 Å². The van der Waals surface area contributed by atoms with E-state index >= 15 is 0 Å². The number of carbonyl (C=O) groups is 6. The second-order valence-electron chi connectivity index (χ2n) is 15.9. The minimum atomic E-state index is -4.33. The van der Waals surface area contributed by atoms with Crippen LogP contribution in [-0.4, -0.2) is 95.5 Å². The van der Waals surface area contributed by atoms with Crippen molar-refractivity contribution in [3.63, 3.8) is 0 Å². The molecule has 0 saturated carbocycles. The number of pyridine rings is 5. The normalized spacial score (nSPS) is 16.4. The van der Waals surface area contributed by atoms with Gasteiger partial charge in [0.25, 0.3) is 0 Å². The van der Waals surface area contributed by atoms with Gasteiger partial charge >= 0.3 is 24.4 Å². The predicted molar refractivity (Wildman–Crippen MR) is 229 cm³/mol. The lowest BCUT2D eigenvalue weighted by molar-refractivity contribution is -0.151. The Morgan fingerprint density at radius 2 is 0.806 bits per heavy atom. The molecule has 20 heteroatoms. The summed E-state index contributed by atoms with van der Waals surface area (Å²) in [6, 6.07) is 14.7. The summed E-state index contributed by atoms with van der Waals surface area (Å²) >= 11 is 0. The van der Waals surface area contributed by atoms with Crippen molar-refractivity contribution in [1.82, 2.24) is 34.7 Å². The Kier molecular flexibility index (Phi) is 14.2. The SMILES string of the molecule is CCOC(=O)c1cc(C(=O)OCC)c2nc1CN1Cc3cc(C(C)=O)cc(n3)-c3cc(C(C)=O)cc(n3)CN(Cc3cc(C(C)=O)cc(n3)-c3cc(C(C)=O)cc(n3)C1)C2.FC(F)(F)C1OO1. The minimum Gasteiger partial charge on any atom is -0.462 e. The van der Waals surface area contributed by atoms with Crippen LogP contribution in [0.5, 0.6) is 0 Å². The summed E-state index contributed by atoms with van der Waals surface area (Å²) in [5, 5.41) is 0. The number of esters is 2. The van der Waals surface area contributed by atoms with Crippen molar-refractivity contribution < 1.29 is 61.2 Å². The zero-order valence-corrected chi connectivity index (χ0v) is 37.3. The number of Topliss-reactive ketones (excluding diaryl/α,β-unsaturated/α-hetero) is 4. The Morgan fingerprint density at radius 1 is 0.507 bits per heavy atom. The van der Waals surface area contributed by atoms with Gasteiger partial charge in [-0.05, 0) is 96.1 Å². The molecule has 0 N–H and O–H groups in total. The summed E-state index contributed by atoms with van der Waals surface area (Å²) < 4.78 is 44.0. The first kappa shape index (κ1) is 47.9. The molecule has 5 aromatic heterocycles. The number of hydrogen-bond donors (Lipinski definition) is 0. The maximum Gasteiger partial charge on any atom is 0.446 e. The number of alkyl halides is 3. The molecule has 5 aromatic rings. The van der Waals surface area contributed by atoms with Crippen LogP contribution in [0.4, 0.5) is 13.2 Å². The van der Waals surface area contributed by atoms with E-state index in [0.29, 0.717) is 67.8 Å². The quantitative estimate of drug-likeness (QED) is 0.0660. The van der Waals surface area contributed by atoms with Crippen molar-refractivity contribution in [2.24, 2.45) is 0 Å². The van der Waals surface area contributed by atoms with Crippen LogP contribution in [0, 0.1) is 0 Å². The van der Waals surface area contributed by atoms with Gasteiger partial charge in [0.2, 0.25) is 0 Å². The average molecular weight is 924 g/mol. The highest BCUT2D eigenvalue weighted by molar-refractivity contribution is 5.98. The van der Waals surface area contributed by atoms with Gasteiger partial charge in [-0.15, -0.1) is 0 Å². The number of ketones is 4. The lowest BCUT2D eigenvalue weighted by Gasteiger charge is -2.25. The summed E-state index contributed by atoms with van der Waals surface area (Å²) in [6.07, 6.45) is -6.28. The third-order valence-corrected chi connectivity index (χ3v) is 10.6. The Balaban J connectivity index is 0.000000871. The van der Waals surface area contributed by atoms with E-state index in [1.54, 1.807) is 62.4 Å². The molecule has 12 bridgehead atoms. The first-order valence-electron chi connectivity index (χ1n) is 21.1. The summed E-state index contributed by atoms with van der Waals surface area (Å²) in [5.41, 5.74) is 5.37. The van der Waals surface area contributed by atoms with E-state index in [1.165, 1.54) is 33.8 Å². The first-order chi connectivity index (χ1) is 31.8. The van der Waals surface area contributed by atoms with Crippen LogP contribution in [0.15, 0.2) is 54.6 Å². The Bertz CT molecular complexity index is 2530. The number of halogens is 3. The van der Waals surface area contributed by atoms with Crippen molar-refractivity contribution in [3.8, 4) is 22.8 Å². The second kappa shape index (κ2) is 19.8. The van der Waals surface area contributed by atoms with Crippen molar-refractivity contribution in [2.45, 2.75) is 93.3 Å². The van der Waals surface area contributed by atoms with E-state index in [1.807, 2.05) is 9.80 Å². The molecule has 8 heterocycles. The van der Waals surface area contributed by atoms with Crippen molar-refractivity contribution in [1.29, 1.82) is 0 Å². The van der Waals surface area contributed by atoms with Gasteiger partial charge in [-0.1, -0.05) is 0 Å². The monoisotopic (exact) mass is 923 g/mol. The molecule has 0 atom stereocenters. The molecule has 0 aromatic carbocycles. The molecule has 1 fully saturated rings. The van der Waals surface area contributed by atoms with Crippen LogP contribution in [0.25, 0.3) is 22.8 Å². The zero-order chi connectivity index (χ0) is 48.3. The average Bonchev–Trinajstić information content (AvgIpc) is 4.13. The molecule has 17 nitrogen and oxygen atoms in total. The molecular weight excluding hydrogens is 880 g/mol. The van der Waals surface area contributed by atoms with E-state index < -0.39 is 24.4 Å². The molecule has 348 valence electrons. The van der Waals surface area contributed by atoms with Crippen LogP contribution in [0.3, 0.4) is 0 Å². The van der Waals surface area contributed by atoms with Gasteiger partial charge in [-0.2, -0.15) is 22.9 Å². The fraction of sp³-hybridized carbons (Fsp3) is 0.340. The molecule has 0 radical (unpaired) electrons. The number of ether oxygens (including phenoxy) is 2. The van der Waals surface area contributed by atoms with Crippen molar-refractivity contribution in [3.05, 3.63) is 122 Å². The maximum atomic E-state index is 13.7. The molecule has 67 heavy (non-hydrogen) atoms. The first-order valence-corrected chi connectivity index (χ1v) is 21.1. The van der Waals surface area contributed by atoms with Gasteiger partial charge in [0.05, 0.1) is 81.3 Å². The van der Waals surface area contributed by atoms with E-state index in [9.17, 15) is 41.9 Å². The Hall–Kier alpha value is -7.00. The largest absolute Gasteiger partial charge is 0.462 e. The fourth-order valence-electron chi connectivity index (χ4n) is 7.43. The highest BCUT2D eigenvalue weighted by atomic mass is 19.4. The van der Waals surface area contributed by atoms with Gasteiger partial charge in [-0.25, -0.2) is 29.5 Å². The molecule has 3 aliphatic heterocycles. The van der Waals surface area contributed by atoms with Gasteiger partial charge < -0.3 is 9.47 Å². The van der Waals surface area contributed by atoms with Crippen molar-refractivity contribution >= 4 is 35.1 Å². The molecule has 0 unspecified atom stereocenters. The summed E-state index contributed by atoms with van der Waals surface area (Å²) in [5.74, 6) is -2.26. The number of rotatable bonds is 8. The van der Waals surface area contributed by atoms with Crippen LogP contribution < -0.4 is 0 Å².